The van der Waals surface area contributed by atoms with Gasteiger partial charge in [-0.05, 0) is 25.7 Å². The molecule has 0 aliphatic carbocycles. The van der Waals surface area contributed by atoms with Gasteiger partial charge in [-0.1, -0.05) is 0 Å². The Balaban J connectivity index is 1.91. The number of carbonyl (C=O) groups is 2. The monoisotopic (exact) mass is 320 g/mol. The minimum Gasteiger partial charge on any atom is -0.395 e. The first kappa shape index (κ1) is 15.7. The van der Waals surface area contributed by atoms with E-state index in [4.69, 9.17) is 5.11 Å². The largest absolute Gasteiger partial charge is 0.395 e. The second kappa shape index (κ2) is 6.11. The number of amides is 2. The predicted molar refractivity (Wildman–Crippen MR) is 80.8 cm³/mol. The van der Waals surface area contributed by atoms with E-state index in [2.05, 4.69) is 9.97 Å². The fourth-order valence-electron chi connectivity index (χ4n) is 3.69. The predicted octanol–water partition coefficient (Wildman–Crippen LogP) is -0.641. The van der Waals surface area contributed by atoms with Gasteiger partial charge in [0.25, 0.3) is 11.5 Å². The lowest BCUT2D eigenvalue weighted by molar-refractivity contribution is -0.146. The maximum absolute atomic E-state index is 12.9. The number of aliphatic hydroxyl groups excluding tert-OH is 1. The summed E-state index contributed by atoms with van der Waals surface area (Å²) in [6, 6.07) is 0. The van der Waals surface area contributed by atoms with Crippen molar-refractivity contribution in [2.24, 2.45) is 0 Å². The van der Waals surface area contributed by atoms with Crippen LogP contribution in [0, 0.1) is 0 Å². The third-order valence-corrected chi connectivity index (χ3v) is 4.69. The third kappa shape index (κ3) is 2.63. The Hall–Kier alpha value is -2.22. The summed E-state index contributed by atoms with van der Waals surface area (Å²) >= 11 is 0. The second-order valence-electron chi connectivity index (χ2n) is 6.02. The molecule has 0 aromatic carbocycles. The van der Waals surface area contributed by atoms with Crippen LogP contribution in [0.4, 0.5) is 0 Å². The van der Waals surface area contributed by atoms with Crippen LogP contribution in [0.5, 0.6) is 0 Å². The van der Waals surface area contributed by atoms with Crippen molar-refractivity contribution in [3.8, 4) is 0 Å². The van der Waals surface area contributed by atoms with E-state index < -0.39 is 11.1 Å². The average molecular weight is 320 g/mol. The average Bonchev–Trinajstić information content (AvgIpc) is 2.96. The minimum absolute atomic E-state index is 0.0916. The van der Waals surface area contributed by atoms with Gasteiger partial charge in [-0.2, -0.15) is 0 Å². The summed E-state index contributed by atoms with van der Waals surface area (Å²) in [5.41, 5.74) is -1.19. The summed E-state index contributed by atoms with van der Waals surface area (Å²) < 4.78 is 0. The molecule has 0 saturated carbocycles. The molecule has 1 atom stereocenters. The highest BCUT2D eigenvalue weighted by Gasteiger charge is 2.52. The quantitative estimate of drug-likeness (QED) is 0.770. The zero-order valence-electron chi connectivity index (χ0n) is 12.8. The number of aliphatic hydroxyl groups is 1. The van der Waals surface area contributed by atoms with E-state index in [-0.39, 0.29) is 30.7 Å². The number of likely N-dealkylation sites (tertiary alicyclic amines) is 2. The van der Waals surface area contributed by atoms with Crippen molar-refractivity contribution < 1.29 is 14.7 Å². The van der Waals surface area contributed by atoms with Crippen LogP contribution in [0.2, 0.25) is 0 Å². The first-order valence-corrected chi connectivity index (χ1v) is 7.85. The molecular weight excluding hydrogens is 300 g/mol. The number of hydrogen-bond acceptors (Lipinski definition) is 5. The molecule has 124 valence electrons. The van der Waals surface area contributed by atoms with E-state index in [1.807, 2.05) is 0 Å². The number of nitrogens with one attached hydrogen (secondary N) is 1. The number of aromatic nitrogens is 2. The smallest absolute Gasteiger partial charge is 0.272 e. The van der Waals surface area contributed by atoms with Gasteiger partial charge in [0.15, 0.2) is 0 Å². The summed E-state index contributed by atoms with van der Waals surface area (Å²) in [5.74, 6) is -0.471. The van der Waals surface area contributed by atoms with Crippen LogP contribution >= 0.6 is 0 Å². The molecule has 2 N–H and O–H groups in total. The van der Waals surface area contributed by atoms with Crippen molar-refractivity contribution in [1.82, 2.24) is 19.8 Å². The van der Waals surface area contributed by atoms with Gasteiger partial charge in [-0.3, -0.25) is 19.4 Å². The van der Waals surface area contributed by atoms with Crippen LogP contribution in [-0.4, -0.2) is 68.5 Å². The van der Waals surface area contributed by atoms with E-state index in [1.54, 1.807) is 9.80 Å². The highest BCUT2D eigenvalue weighted by atomic mass is 16.3. The number of hydrogen-bond donors (Lipinski definition) is 2. The van der Waals surface area contributed by atoms with Crippen LogP contribution in [0.25, 0.3) is 0 Å². The molecular formula is C15H20N4O4. The number of H-pyrrole nitrogens is 1. The Bertz CT molecular complexity index is 671. The van der Waals surface area contributed by atoms with Gasteiger partial charge >= 0.3 is 0 Å². The maximum Gasteiger partial charge on any atom is 0.272 e. The summed E-state index contributed by atoms with van der Waals surface area (Å²) in [4.78, 5) is 46.5. The number of carbonyl (C=O) groups excluding carboxylic acids is 2. The van der Waals surface area contributed by atoms with Gasteiger partial charge in [0.05, 0.1) is 19.0 Å². The Morgan fingerprint density at radius 3 is 2.70 bits per heavy atom. The van der Waals surface area contributed by atoms with Crippen molar-refractivity contribution >= 4 is 11.8 Å². The van der Waals surface area contributed by atoms with Crippen LogP contribution in [0.3, 0.4) is 0 Å². The van der Waals surface area contributed by atoms with Gasteiger partial charge in [0.1, 0.15) is 11.2 Å². The van der Waals surface area contributed by atoms with Crippen molar-refractivity contribution in [2.75, 3.05) is 26.2 Å². The summed E-state index contributed by atoms with van der Waals surface area (Å²) in [5, 5.41) is 9.13. The molecule has 0 bridgehead atoms. The molecule has 1 spiro atoms. The lowest BCUT2D eigenvalue weighted by atomic mass is 9.85. The zero-order valence-corrected chi connectivity index (χ0v) is 12.8. The fourth-order valence-corrected chi connectivity index (χ4v) is 3.69. The lowest BCUT2D eigenvalue weighted by Gasteiger charge is -2.44. The SMILES string of the molecule is O=C(c1cncc(=O)[nH]1)N1CCCC12CCCN(CCO)C2=O. The molecule has 23 heavy (non-hydrogen) atoms. The molecule has 3 rings (SSSR count). The molecule has 2 aliphatic rings. The molecule has 1 aromatic rings. The first-order chi connectivity index (χ1) is 11.1. The summed E-state index contributed by atoms with van der Waals surface area (Å²) in [7, 11) is 0. The van der Waals surface area contributed by atoms with E-state index >= 15 is 0 Å². The highest BCUT2D eigenvalue weighted by Crippen LogP contribution is 2.38. The van der Waals surface area contributed by atoms with Crippen molar-refractivity contribution in [3.05, 3.63) is 28.4 Å². The molecule has 2 fully saturated rings. The first-order valence-electron chi connectivity index (χ1n) is 7.85. The molecule has 0 radical (unpaired) electrons. The van der Waals surface area contributed by atoms with Crippen molar-refractivity contribution in [2.45, 2.75) is 31.2 Å². The second-order valence-corrected chi connectivity index (χ2v) is 6.02. The van der Waals surface area contributed by atoms with Gasteiger partial charge in [0.2, 0.25) is 5.91 Å². The lowest BCUT2D eigenvalue weighted by Crippen LogP contribution is -2.61. The molecule has 2 aliphatic heterocycles. The summed E-state index contributed by atoms with van der Waals surface area (Å²) in [6.45, 7) is 1.28. The molecule has 1 aromatic heterocycles. The number of nitrogens with zero attached hydrogens (tertiary/aromatic N) is 3. The van der Waals surface area contributed by atoms with E-state index in [9.17, 15) is 14.4 Å². The van der Waals surface area contributed by atoms with E-state index in [0.29, 0.717) is 25.9 Å². The third-order valence-electron chi connectivity index (χ3n) is 4.69. The van der Waals surface area contributed by atoms with Crippen LogP contribution in [0.15, 0.2) is 17.2 Å². The number of aromatic amines is 1. The van der Waals surface area contributed by atoms with Gasteiger partial charge in [-0.15, -0.1) is 0 Å². The number of piperidine rings is 1. The fraction of sp³-hybridized carbons (Fsp3) is 0.600. The normalized spacial score (nSPS) is 24.5. The standard InChI is InChI=1S/C15H20N4O4/c20-8-7-18-5-1-3-15(14(18)23)4-2-6-19(15)13(22)11-9-16-10-12(21)17-11/h9-10,20H,1-8H2,(H,17,21). The van der Waals surface area contributed by atoms with Crippen LogP contribution in [0.1, 0.15) is 36.2 Å². The Labute approximate surface area is 133 Å². The minimum atomic E-state index is -0.850. The van der Waals surface area contributed by atoms with E-state index in [1.165, 1.54) is 6.20 Å². The van der Waals surface area contributed by atoms with Crippen molar-refractivity contribution in [1.29, 1.82) is 0 Å². The molecule has 8 nitrogen and oxygen atoms in total. The highest BCUT2D eigenvalue weighted by molar-refractivity contribution is 5.98. The number of β-amino-alcohol motifs (C(OH)–C–C–N with tert-alkyl or cyclic N) is 1. The van der Waals surface area contributed by atoms with E-state index in [0.717, 1.165) is 19.0 Å². The molecule has 8 heteroatoms. The summed E-state index contributed by atoms with van der Waals surface area (Å²) in [6.07, 6.45) is 5.18. The van der Waals surface area contributed by atoms with Crippen LogP contribution < -0.4 is 5.56 Å². The van der Waals surface area contributed by atoms with Crippen LogP contribution in [-0.2, 0) is 4.79 Å². The van der Waals surface area contributed by atoms with Gasteiger partial charge in [-0.25, -0.2) is 0 Å². The molecule has 3 heterocycles. The molecule has 1 unspecified atom stereocenters. The zero-order chi connectivity index (χ0) is 16.4. The van der Waals surface area contributed by atoms with Gasteiger partial charge in [0, 0.05) is 19.6 Å². The van der Waals surface area contributed by atoms with Crippen molar-refractivity contribution in [3.63, 3.8) is 0 Å². The Morgan fingerprint density at radius 2 is 2.00 bits per heavy atom. The van der Waals surface area contributed by atoms with Gasteiger partial charge < -0.3 is 19.9 Å². The number of rotatable bonds is 3. The molecule has 2 amide bonds. The topological polar surface area (TPSA) is 107 Å². The maximum atomic E-state index is 12.9. The Morgan fingerprint density at radius 1 is 1.26 bits per heavy atom. The molecule has 2 saturated heterocycles. The Kier molecular flexibility index (Phi) is 4.16.